The molecule has 1 aliphatic rings. The number of hydrogen-bond acceptors (Lipinski definition) is 5. The third kappa shape index (κ3) is 5.00. The molecule has 0 aliphatic carbocycles. The SMILES string of the molecule is O=C(COc1ccc([N+](=O)[O-])cc1)N1CCN(C(=O)c2cc(Cl)ccc2F)CC1. The highest BCUT2D eigenvalue weighted by Crippen LogP contribution is 2.19. The number of nitro groups is 1. The Hall–Kier alpha value is -3.20. The Labute approximate surface area is 170 Å². The van der Waals surface area contributed by atoms with Crippen LogP contribution in [0, 0.1) is 15.9 Å². The van der Waals surface area contributed by atoms with Gasteiger partial charge >= 0.3 is 0 Å². The van der Waals surface area contributed by atoms with E-state index >= 15 is 0 Å². The Morgan fingerprint density at radius 3 is 2.31 bits per heavy atom. The van der Waals surface area contributed by atoms with Gasteiger partial charge in [0.15, 0.2) is 6.61 Å². The van der Waals surface area contributed by atoms with Gasteiger partial charge in [0, 0.05) is 43.3 Å². The third-order valence-electron chi connectivity index (χ3n) is 4.49. The molecule has 2 aromatic rings. The van der Waals surface area contributed by atoms with Crippen molar-refractivity contribution in [2.75, 3.05) is 32.8 Å². The number of hydrogen-bond donors (Lipinski definition) is 0. The van der Waals surface area contributed by atoms with Crippen molar-refractivity contribution in [3.05, 3.63) is 69.0 Å². The highest BCUT2D eigenvalue weighted by atomic mass is 35.5. The van der Waals surface area contributed by atoms with E-state index in [0.717, 1.165) is 6.07 Å². The molecule has 1 aliphatic heterocycles. The van der Waals surface area contributed by atoms with Crippen LogP contribution in [-0.4, -0.2) is 59.3 Å². The van der Waals surface area contributed by atoms with Crippen LogP contribution < -0.4 is 4.74 Å². The van der Waals surface area contributed by atoms with Crippen molar-refractivity contribution in [3.8, 4) is 5.75 Å². The zero-order valence-electron chi connectivity index (χ0n) is 15.2. The van der Waals surface area contributed by atoms with Crippen LogP contribution in [0.4, 0.5) is 10.1 Å². The minimum Gasteiger partial charge on any atom is -0.484 e. The van der Waals surface area contributed by atoms with Gasteiger partial charge in [0.05, 0.1) is 10.5 Å². The summed E-state index contributed by atoms with van der Waals surface area (Å²) in [7, 11) is 0. The summed E-state index contributed by atoms with van der Waals surface area (Å²) in [6, 6.07) is 9.22. The van der Waals surface area contributed by atoms with E-state index in [2.05, 4.69) is 0 Å². The number of amides is 2. The fraction of sp³-hybridized carbons (Fsp3) is 0.263. The Morgan fingerprint density at radius 2 is 1.69 bits per heavy atom. The highest BCUT2D eigenvalue weighted by Gasteiger charge is 2.26. The smallest absolute Gasteiger partial charge is 0.269 e. The zero-order chi connectivity index (χ0) is 21.0. The first kappa shape index (κ1) is 20.5. The lowest BCUT2D eigenvalue weighted by molar-refractivity contribution is -0.384. The molecule has 29 heavy (non-hydrogen) atoms. The number of nitrogens with zero attached hydrogens (tertiary/aromatic N) is 3. The number of rotatable bonds is 5. The molecule has 10 heteroatoms. The van der Waals surface area contributed by atoms with E-state index in [-0.39, 0.29) is 55.0 Å². The van der Waals surface area contributed by atoms with E-state index in [1.165, 1.54) is 41.3 Å². The number of carbonyl (C=O) groups excluding carboxylic acids is 2. The van der Waals surface area contributed by atoms with Crippen molar-refractivity contribution in [3.63, 3.8) is 0 Å². The van der Waals surface area contributed by atoms with Crippen molar-refractivity contribution < 1.29 is 23.6 Å². The molecule has 1 fully saturated rings. The largest absolute Gasteiger partial charge is 0.484 e. The Morgan fingerprint density at radius 1 is 1.07 bits per heavy atom. The van der Waals surface area contributed by atoms with E-state index < -0.39 is 16.6 Å². The van der Waals surface area contributed by atoms with E-state index in [1.54, 1.807) is 4.90 Å². The van der Waals surface area contributed by atoms with Gasteiger partial charge in [-0.2, -0.15) is 0 Å². The standard InChI is InChI=1S/C19H17ClFN3O5/c20-13-1-6-17(21)16(11-13)19(26)23-9-7-22(8-10-23)18(25)12-29-15-4-2-14(3-5-15)24(27)28/h1-6,11H,7-10,12H2. The molecule has 152 valence electrons. The summed E-state index contributed by atoms with van der Waals surface area (Å²) in [4.78, 5) is 37.9. The molecule has 0 bridgehead atoms. The van der Waals surface area contributed by atoms with Crippen molar-refractivity contribution in [1.29, 1.82) is 0 Å². The molecule has 3 rings (SSSR count). The van der Waals surface area contributed by atoms with Crippen molar-refractivity contribution in [2.45, 2.75) is 0 Å². The third-order valence-corrected chi connectivity index (χ3v) is 4.72. The molecule has 0 N–H and O–H groups in total. The summed E-state index contributed by atoms with van der Waals surface area (Å²) in [5.41, 5.74) is -0.167. The molecule has 0 atom stereocenters. The molecule has 0 radical (unpaired) electrons. The summed E-state index contributed by atoms with van der Waals surface area (Å²) in [5, 5.41) is 10.9. The van der Waals surface area contributed by atoms with Gasteiger partial charge < -0.3 is 14.5 Å². The predicted octanol–water partition coefficient (Wildman–Crippen LogP) is 2.75. The lowest BCUT2D eigenvalue weighted by Crippen LogP contribution is -2.51. The van der Waals surface area contributed by atoms with Gasteiger partial charge in [-0.05, 0) is 30.3 Å². The molecule has 0 aromatic heterocycles. The predicted molar refractivity (Wildman–Crippen MR) is 102 cm³/mol. The van der Waals surface area contributed by atoms with Gasteiger partial charge in [-0.15, -0.1) is 0 Å². The van der Waals surface area contributed by atoms with E-state index in [0.29, 0.717) is 5.75 Å². The molecule has 2 amide bonds. The second-order valence-corrected chi connectivity index (χ2v) is 6.77. The van der Waals surface area contributed by atoms with Crippen molar-refractivity contribution in [1.82, 2.24) is 9.80 Å². The zero-order valence-corrected chi connectivity index (χ0v) is 16.0. The summed E-state index contributed by atoms with van der Waals surface area (Å²) in [6.07, 6.45) is 0. The summed E-state index contributed by atoms with van der Waals surface area (Å²) in [5.74, 6) is -1.05. The molecule has 0 spiro atoms. The number of carbonyl (C=O) groups is 2. The van der Waals surface area contributed by atoms with Crippen LogP contribution in [0.3, 0.4) is 0 Å². The minimum atomic E-state index is -0.644. The van der Waals surface area contributed by atoms with Crippen molar-refractivity contribution in [2.24, 2.45) is 0 Å². The first-order valence-electron chi connectivity index (χ1n) is 8.74. The number of piperazine rings is 1. The van der Waals surface area contributed by atoms with Gasteiger partial charge in [0.25, 0.3) is 17.5 Å². The van der Waals surface area contributed by atoms with Crippen LogP contribution in [0.1, 0.15) is 10.4 Å². The van der Waals surface area contributed by atoms with Crippen LogP contribution >= 0.6 is 11.6 Å². The van der Waals surface area contributed by atoms with E-state index in [4.69, 9.17) is 16.3 Å². The quantitative estimate of drug-likeness (QED) is 0.546. The Kier molecular flexibility index (Phi) is 6.28. The second kappa shape index (κ2) is 8.87. The lowest BCUT2D eigenvalue weighted by atomic mass is 10.1. The van der Waals surface area contributed by atoms with Crippen LogP contribution in [-0.2, 0) is 4.79 Å². The van der Waals surface area contributed by atoms with Gasteiger partial charge in [0.1, 0.15) is 11.6 Å². The highest BCUT2D eigenvalue weighted by molar-refractivity contribution is 6.31. The van der Waals surface area contributed by atoms with Crippen LogP contribution in [0.25, 0.3) is 0 Å². The number of non-ortho nitro benzene ring substituents is 1. The molecular weight excluding hydrogens is 405 g/mol. The number of benzene rings is 2. The fourth-order valence-corrected chi connectivity index (χ4v) is 3.06. The van der Waals surface area contributed by atoms with Crippen LogP contribution in [0.15, 0.2) is 42.5 Å². The maximum Gasteiger partial charge on any atom is 0.269 e. The average Bonchev–Trinajstić information content (AvgIpc) is 2.73. The summed E-state index contributed by atoms with van der Waals surface area (Å²) < 4.78 is 19.3. The summed E-state index contributed by atoms with van der Waals surface area (Å²) in [6.45, 7) is 0.865. The average molecular weight is 422 g/mol. The molecule has 0 saturated carbocycles. The van der Waals surface area contributed by atoms with Gasteiger partial charge in [-0.25, -0.2) is 4.39 Å². The molecule has 0 unspecified atom stereocenters. The minimum absolute atomic E-state index is 0.0689. The number of ether oxygens (including phenoxy) is 1. The normalized spacial score (nSPS) is 13.9. The molecule has 1 heterocycles. The molecule has 8 nitrogen and oxygen atoms in total. The molecule has 2 aromatic carbocycles. The second-order valence-electron chi connectivity index (χ2n) is 6.34. The van der Waals surface area contributed by atoms with Gasteiger partial charge in [-0.3, -0.25) is 19.7 Å². The first-order chi connectivity index (χ1) is 13.8. The topological polar surface area (TPSA) is 93.0 Å². The molecular formula is C19H17ClFN3O5. The van der Waals surface area contributed by atoms with Gasteiger partial charge in [-0.1, -0.05) is 11.6 Å². The monoisotopic (exact) mass is 421 g/mol. The fourth-order valence-electron chi connectivity index (χ4n) is 2.89. The number of halogens is 2. The number of nitro benzene ring substituents is 1. The first-order valence-corrected chi connectivity index (χ1v) is 9.12. The lowest BCUT2D eigenvalue weighted by Gasteiger charge is -2.34. The van der Waals surface area contributed by atoms with Crippen LogP contribution in [0.5, 0.6) is 5.75 Å². The van der Waals surface area contributed by atoms with Gasteiger partial charge in [0.2, 0.25) is 0 Å². The Balaban J connectivity index is 1.51. The Bertz CT molecular complexity index is 930. The van der Waals surface area contributed by atoms with E-state index in [1.807, 2.05) is 0 Å². The van der Waals surface area contributed by atoms with Crippen LogP contribution in [0.2, 0.25) is 5.02 Å². The van der Waals surface area contributed by atoms with E-state index in [9.17, 15) is 24.1 Å². The summed E-state index contributed by atoms with van der Waals surface area (Å²) >= 11 is 5.84. The maximum absolute atomic E-state index is 13.9. The maximum atomic E-state index is 13.9. The van der Waals surface area contributed by atoms with Crippen molar-refractivity contribution >= 4 is 29.1 Å². The molecule has 1 saturated heterocycles.